The fraction of sp³-hybridized carbons (Fsp3) is 0.667. The van der Waals surface area contributed by atoms with Crippen LogP contribution in [0.15, 0.2) is 22.8 Å². The van der Waals surface area contributed by atoms with Crippen LogP contribution in [0.1, 0.15) is 25.7 Å². The largest absolute Gasteiger partial charge is 0.467 e. The Kier molecular flexibility index (Phi) is 3.33. The summed E-state index contributed by atoms with van der Waals surface area (Å²) in [5.74, 6) is 0.694. The van der Waals surface area contributed by atoms with Crippen molar-refractivity contribution in [3.8, 4) is 0 Å². The summed E-state index contributed by atoms with van der Waals surface area (Å²) in [5.41, 5.74) is 0. The molecule has 2 rings (SSSR count). The lowest BCUT2D eigenvalue weighted by atomic mass is 9.85. The maximum absolute atomic E-state index is 10.1. The van der Waals surface area contributed by atoms with Gasteiger partial charge in [0.15, 0.2) is 6.29 Å². The number of ether oxygens (including phenoxy) is 2. The Morgan fingerprint density at radius 2 is 2.06 bits per heavy atom. The van der Waals surface area contributed by atoms with Gasteiger partial charge in [0, 0.05) is 18.9 Å². The smallest absolute Gasteiger partial charge is 0.163 e. The normalized spacial score (nSPS) is 39.9. The molecule has 0 radical (unpaired) electrons. The van der Waals surface area contributed by atoms with Crippen molar-refractivity contribution in [1.29, 1.82) is 0 Å². The molecular formula is C12H18O4. The first-order valence-corrected chi connectivity index (χ1v) is 5.55. The van der Waals surface area contributed by atoms with Crippen molar-refractivity contribution >= 4 is 0 Å². The van der Waals surface area contributed by atoms with Crippen molar-refractivity contribution < 1.29 is 19.0 Å². The van der Waals surface area contributed by atoms with Crippen molar-refractivity contribution in [2.24, 2.45) is 11.8 Å². The first-order chi connectivity index (χ1) is 7.65. The number of hydrogen-bond donors (Lipinski definition) is 1. The Morgan fingerprint density at radius 3 is 2.62 bits per heavy atom. The number of aliphatic hydroxyl groups excluding tert-OH is 1. The van der Waals surface area contributed by atoms with Gasteiger partial charge in [-0.05, 0) is 12.1 Å². The van der Waals surface area contributed by atoms with Gasteiger partial charge >= 0.3 is 0 Å². The maximum Gasteiger partial charge on any atom is 0.163 e. The van der Waals surface area contributed by atoms with Crippen molar-refractivity contribution in [2.45, 2.75) is 32.3 Å². The van der Waals surface area contributed by atoms with E-state index in [9.17, 15) is 5.11 Å². The lowest BCUT2D eigenvalue weighted by molar-refractivity contribution is -0.258. The van der Waals surface area contributed by atoms with E-state index in [0.29, 0.717) is 0 Å². The highest BCUT2D eigenvalue weighted by Gasteiger charge is 2.42. The zero-order valence-electron chi connectivity index (χ0n) is 9.79. The van der Waals surface area contributed by atoms with E-state index >= 15 is 0 Å². The van der Waals surface area contributed by atoms with Crippen molar-refractivity contribution in [2.75, 3.05) is 7.11 Å². The van der Waals surface area contributed by atoms with E-state index in [1.54, 1.807) is 13.4 Å². The summed E-state index contributed by atoms with van der Waals surface area (Å²) in [4.78, 5) is 0. The molecule has 0 saturated carbocycles. The summed E-state index contributed by atoms with van der Waals surface area (Å²) in [5, 5.41) is 10.1. The van der Waals surface area contributed by atoms with E-state index < -0.39 is 6.10 Å². The summed E-state index contributed by atoms with van der Waals surface area (Å²) in [6, 6.07) is 3.67. The quantitative estimate of drug-likeness (QED) is 0.837. The molecule has 5 atom stereocenters. The van der Waals surface area contributed by atoms with Crippen LogP contribution >= 0.6 is 0 Å². The summed E-state index contributed by atoms with van der Waals surface area (Å²) < 4.78 is 16.4. The first-order valence-electron chi connectivity index (χ1n) is 5.55. The van der Waals surface area contributed by atoms with Gasteiger partial charge in [0.05, 0.1) is 12.4 Å². The molecule has 90 valence electrons. The van der Waals surface area contributed by atoms with Crippen molar-refractivity contribution in [3.05, 3.63) is 24.2 Å². The highest BCUT2D eigenvalue weighted by atomic mass is 16.7. The second kappa shape index (κ2) is 4.57. The topological polar surface area (TPSA) is 51.8 Å². The summed E-state index contributed by atoms with van der Waals surface area (Å²) in [6.45, 7) is 3.88. The third kappa shape index (κ3) is 1.88. The Morgan fingerprint density at radius 1 is 1.31 bits per heavy atom. The molecule has 1 aromatic rings. The Balaban J connectivity index is 2.20. The summed E-state index contributed by atoms with van der Waals surface area (Å²) in [7, 11) is 1.59. The number of methoxy groups -OCH3 is 1. The second-order valence-corrected chi connectivity index (χ2v) is 4.39. The van der Waals surface area contributed by atoms with Gasteiger partial charge in [0.25, 0.3) is 0 Å². The van der Waals surface area contributed by atoms with Gasteiger partial charge < -0.3 is 19.0 Å². The van der Waals surface area contributed by atoms with Crippen LogP contribution in [0.4, 0.5) is 0 Å². The van der Waals surface area contributed by atoms with E-state index in [0.717, 1.165) is 5.76 Å². The summed E-state index contributed by atoms with van der Waals surface area (Å²) >= 11 is 0. The van der Waals surface area contributed by atoms with Gasteiger partial charge in [-0.25, -0.2) is 0 Å². The zero-order valence-corrected chi connectivity index (χ0v) is 9.79. The zero-order chi connectivity index (χ0) is 11.7. The van der Waals surface area contributed by atoms with Crippen LogP contribution in [0.25, 0.3) is 0 Å². The predicted octanol–water partition coefficient (Wildman–Crippen LogP) is 1.96. The van der Waals surface area contributed by atoms with Crippen molar-refractivity contribution in [3.63, 3.8) is 0 Å². The first kappa shape index (κ1) is 11.6. The van der Waals surface area contributed by atoms with Gasteiger partial charge in [-0.2, -0.15) is 0 Å². The van der Waals surface area contributed by atoms with E-state index in [2.05, 4.69) is 0 Å². The molecule has 1 saturated heterocycles. The molecule has 0 aromatic carbocycles. The molecule has 0 spiro atoms. The molecule has 2 heterocycles. The molecular weight excluding hydrogens is 208 g/mol. The third-order valence-corrected chi connectivity index (χ3v) is 3.32. The van der Waals surface area contributed by atoms with Gasteiger partial charge in [0.1, 0.15) is 11.9 Å². The van der Waals surface area contributed by atoms with Gasteiger partial charge in [-0.15, -0.1) is 0 Å². The Labute approximate surface area is 95.2 Å². The predicted molar refractivity (Wildman–Crippen MR) is 57.7 cm³/mol. The molecule has 4 heteroatoms. The minimum atomic E-state index is -0.450. The minimum absolute atomic E-state index is 0.00690. The molecule has 0 amide bonds. The maximum atomic E-state index is 10.1. The average molecular weight is 226 g/mol. The number of hydrogen-bond acceptors (Lipinski definition) is 4. The number of aliphatic hydroxyl groups is 1. The molecule has 0 aliphatic carbocycles. The fourth-order valence-electron chi connectivity index (χ4n) is 2.26. The summed E-state index contributed by atoms with van der Waals surface area (Å²) in [6.07, 6.45) is 0.527. The van der Waals surface area contributed by atoms with Gasteiger partial charge in [-0.1, -0.05) is 13.8 Å². The molecule has 0 unspecified atom stereocenters. The molecule has 16 heavy (non-hydrogen) atoms. The molecule has 1 aromatic heterocycles. The van der Waals surface area contributed by atoms with E-state index in [1.807, 2.05) is 26.0 Å². The van der Waals surface area contributed by atoms with Crippen LogP contribution in [-0.2, 0) is 9.47 Å². The number of furan rings is 1. The molecule has 1 aliphatic heterocycles. The lowest BCUT2D eigenvalue weighted by Gasteiger charge is -2.40. The highest BCUT2D eigenvalue weighted by molar-refractivity contribution is 5.06. The number of rotatable bonds is 2. The fourth-order valence-corrected chi connectivity index (χ4v) is 2.26. The monoisotopic (exact) mass is 226 g/mol. The molecule has 1 aliphatic rings. The highest BCUT2D eigenvalue weighted by Crippen LogP contribution is 2.39. The van der Waals surface area contributed by atoms with Crippen LogP contribution in [0.5, 0.6) is 0 Å². The van der Waals surface area contributed by atoms with Crippen molar-refractivity contribution in [1.82, 2.24) is 0 Å². The van der Waals surface area contributed by atoms with Crippen LogP contribution in [0.2, 0.25) is 0 Å². The minimum Gasteiger partial charge on any atom is -0.467 e. The van der Waals surface area contributed by atoms with Crippen LogP contribution in [0, 0.1) is 11.8 Å². The van der Waals surface area contributed by atoms with E-state index in [4.69, 9.17) is 13.9 Å². The molecule has 0 bridgehead atoms. The van der Waals surface area contributed by atoms with Gasteiger partial charge in [0.2, 0.25) is 0 Å². The standard InChI is InChI=1S/C12H18O4/c1-7-10(13)8(2)12(14-3)16-11(7)9-5-4-6-15-9/h4-8,10-13H,1-3H3/t7-,8-,10-,11+,12-/m1/s1. The Bertz CT molecular complexity index is 320. The van der Waals surface area contributed by atoms with E-state index in [1.165, 1.54) is 0 Å². The second-order valence-electron chi connectivity index (χ2n) is 4.39. The van der Waals surface area contributed by atoms with Crippen LogP contribution in [-0.4, -0.2) is 24.6 Å². The van der Waals surface area contributed by atoms with Gasteiger partial charge in [-0.3, -0.25) is 0 Å². The molecule has 1 N–H and O–H groups in total. The SMILES string of the molecule is CO[C@@H]1O[C@H](c2ccco2)[C@H](C)[C@@H](O)[C@H]1C. The third-order valence-electron chi connectivity index (χ3n) is 3.32. The van der Waals surface area contributed by atoms with Crippen LogP contribution < -0.4 is 0 Å². The van der Waals surface area contributed by atoms with Crippen LogP contribution in [0.3, 0.4) is 0 Å². The lowest BCUT2D eigenvalue weighted by Crippen LogP contribution is -2.45. The average Bonchev–Trinajstić information content (AvgIpc) is 2.80. The molecule has 4 nitrogen and oxygen atoms in total. The molecule has 1 fully saturated rings. The Hall–Kier alpha value is -0.840. The van der Waals surface area contributed by atoms with E-state index in [-0.39, 0.29) is 24.2 Å².